The Morgan fingerprint density at radius 1 is 1.28 bits per heavy atom. The van der Waals surface area contributed by atoms with Crippen LogP contribution in [0.15, 0.2) is 24.3 Å². The Hall–Kier alpha value is -1.95. The molecule has 25 heavy (non-hydrogen) atoms. The van der Waals surface area contributed by atoms with Gasteiger partial charge in [-0.1, -0.05) is 12.1 Å². The molecule has 2 aliphatic rings. The molecular weight excluding hydrogens is 321 g/mol. The van der Waals surface area contributed by atoms with Crippen LogP contribution in [0.1, 0.15) is 37.7 Å². The lowest BCUT2D eigenvalue weighted by Crippen LogP contribution is -2.49. The molecule has 6 heteroatoms. The van der Waals surface area contributed by atoms with Crippen LogP contribution in [0, 0.1) is 5.82 Å². The van der Waals surface area contributed by atoms with Gasteiger partial charge >= 0.3 is 0 Å². The second-order valence-corrected chi connectivity index (χ2v) is 7.01. The van der Waals surface area contributed by atoms with Crippen molar-refractivity contribution in [3.63, 3.8) is 0 Å². The molecule has 2 fully saturated rings. The van der Waals surface area contributed by atoms with E-state index in [9.17, 15) is 14.0 Å². The molecule has 0 aromatic heterocycles. The summed E-state index contributed by atoms with van der Waals surface area (Å²) in [7, 11) is 0. The van der Waals surface area contributed by atoms with Gasteiger partial charge in [0.15, 0.2) is 0 Å². The Morgan fingerprint density at radius 3 is 3.00 bits per heavy atom. The monoisotopic (exact) mass is 347 g/mol. The molecule has 3 rings (SSSR count). The summed E-state index contributed by atoms with van der Waals surface area (Å²) in [4.78, 5) is 26.5. The summed E-state index contributed by atoms with van der Waals surface area (Å²) in [5, 5.41) is 5.71. The fourth-order valence-corrected chi connectivity index (χ4v) is 3.77. The highest BCUT2D eigenvalue weighted by molar-refractivity contribution is 5.88. The van der Waals surface area contributed by atoms with Gasteiger partial charge in [0, 0.05) is 12.6 Å². The summed E-state index contributed by atoms with van der Waals surface area (Å²) in [5.74, 6) is -0.407. The summed E-state index contributed by atoms with van der Waals surface area (Å²) < 4.78 is 13.4. The van der Waals surface area contributed by atoms with Gasteiger partial charge in [0.05, 0.1) is 6.54 Å². The summed E-state index contributed by atoms with van der Waals surface area (Å²) in [6.45, 7) is 1.85. The first-order valence-electron chi connectivity index (χ1n) is 9.17. The third-order valence-corrected chi connectivity index (χ3v) is 5.08. The normalized spacial score (nSPS) is 24.6. The van der Waals surface area contributed by atoms with Crippen molar-refractivity contribution >= 4 is 11.8 Å². The Morgan fingerprint density at radius 2 is 2.16 bits per heavy atom. The highest BCUT2D eigenvalue weighted by atomic mass is 19.1. The van der Waals surface area contributed by atoms with Gasteiger partial charge in [-0.25, -0.2) is 4.39 Å². The number of hydrogen-bond acceptors (Lipinski definition) is 3. The van der Waals surface area contributed by atoms with Crippen molar-refractivity contribution in [2.45, 2.75) is 50.6 Å². The molecule has 2 N–H and O–H groups in total. The fourth-order valence-electron chi connectivity index (χ4n) is 3.77. The average Bonchev–Trinajstić information content (AvgIpc) is 2.89. The van der Waals surface area contributed by atoms with Crippen molar-refractivity contribution in [3.8, 4) is 0 Å². The molecule has 2 heterocycles. The number of halogens is 1. The lowest BCUT2D eigenvalue weighted by Gasteiger charge is -2.25. The molecule has 2 aliphatic heterocycles. The number of likely N-dealkylation sites (tertiary alicyclic amines) is 1. The van der Waals surface area contributed by atoms with Crippen LogP contribution in [0.4, 0.5) is 4.39 Å². The molecule has 0 radical (unpaired) electrons. The van der Waals surface area contributed by atoms with E-state index in [1.165, 1.54) is 6.07 Å². The average molecular weight is 347 g/mol. The van der Waals surface area contributed by atoms with Gasteiger partial charge in [-0.2, -0.15) is 0 Å². The molecule has 2 amide bonds. The van der Waals surface area contributed by atoms with Crippen molar-refractivity contribution in [1.29, 1.82) is 0 Å². The van der Waals surface area contributed by atoms with E-state index in [-0.39, 0.29) is 23.7 Å². The number of hydrogen-bond donors (Lipinski definition) is 2. The Bertz CT molecular complexity index is 622. The zero-order chi connectivity index (χ0) is 17.6. The summed E-state index contributed by atoms with van der Waals surface area (Å²) in [6, 6.07) is 6.49. The maximum absolute atomic E-state index is 13.4. The van der Waals surface area contributed by atoms with E-state index in [4.69, 9.17) is 0 Å². The standard InChI is InChI=1S/C19H26FN3O2/c20-15-6-3-5-14(11-15)12-16-7-4-10-23(16)13-18(24)22-17-8-1-2-9-21-19(17)25/h3,5-6,11,16-17H,1-2,4,7-10,12-13H2,(H,21,25)(H,22,24)/t16-,17+/m1/s1. The maximum Gasteiger partial charge on any atom is 0.242 e. The minimum absolute atomic E-state index is 0.0800. The van der Waals surface area contributed by atoms with Crippen LogP contribution in [0.5, 0.6) is 0 Å². The molecule has 2 atom stereocenters. The molecule has 0 aliphatic carbocycles. The van der Waals surface area contributed by atoms with E-state index in [1.54, 1.807) is 12.1 Å². The van der Waals surface area contributed by atoms with E-state index in [0.29, 0.717) is 19.5 Å². The lowest BCUT2D eigenvalue weighted by molar-refractivity contribution is -0.129. The first kappa shape index (κ1) is 17.9. The third-order valence-electron chi connectivity index (χ3n) is 5.08. The molecule has 0 bridgehead atoms. The van der Waals surface area contributed by atoms with Crippen molar-refractivity contribution in [3.05, 3.63) is 35.6 Å². The van der Waals surface area contributed by atoms with E-state index in [0.717, 1.165) is 44.2 Å². The van der Waals surface area contributed by atoms with Gasteiger partial charge < -0.3 is 10.6 Å². The number of nitrogens with one attached hydrogen (secondary N) is 2. The smallest absolute Gasteiger partial charge is 0.242 e. The second kappa shape index (κ2) is 8.43. The lowest BCUT2D eigenvalue weighted by atomic mass is 10.0. The van der Waals surface area contributed by atoms with Crippen LogP contribution in [0.2, 0.25) is 0 Å². The predicted octanol–water partition coefficient (Wildman–Crippen LogP) is 1.62. The first-order valence-corrected chi connectivity index (χ1v) is 9.17. The van der Waals surface area contributed by atoms with Crippen LogP contribution in [0.3, 0.4) is 0 Å². The van der Waals surface area contributed by atoms with E-state index in [2.05, 4.69) is 15.5 Å². The molecule has 1 aromatic rings. The summed E-state index contributed by atoms with van der Waals surface area (Å²) in [5.41, 5.74) is 0.959. The van der Waals surface area contributed by atoms with E-state index in [1.807, 2.05) is 6.07 Å². The fraction of sp³-hybridized carbons (Fsp3) is 0.579. The number of amides is 2. The quantitative estimate of drug-likeness (QED) is 0.851. The van der Waals surface area contributed by atoms with Gasteiger partial charge in [0.25, 0.3) is 0 Å². The molecule has 136 valence electrons. The zero-order valence-electron chi connectivity index (χ0n) is 14.5. The minimum atomic E-state index is -0.417. The topological polar surface area (TPSA) is 61.4 Å². The van der Waals surface area contributed by atoms with Gasteiger partial charge in [-0.05, 0) is 62.8 Å². The van der Waals surface area contributed by atoms with Crippen molar-refractivity contribution in [2.75, 3.05) is 19.6 Å². The Balaban J connectivity index is 1.53. The predicted molar refractivity (Wildman–Crippen MR) is 93.5 cm³/mol. The number of nitrogens with zero attached hydrogens (tertiary/aromatic N) is 1. The maximum atomic E-state index is 13.4. The number of carbonyl (C=O) groups is 2. The first-order chi connectivity index (χ1) is 12.1. The molecule has 0 saturated carbocycles. The van der Waals surface area contributed by atoms with Crippen LogP contribution in [-0.4, -0.2) is 48.4 Å². The molecule has 0 unspecified atom stereocenters. The van der Waals surface area contributed by atoms with Crippen LogP contribution in [0.25, 0.3) is 0 Å². The molecule has 0 spiro atoms. The van der Waals surface area contributed by atoms with Crippen molar-refractivity contribution < 1.29 is 14.0 Å². The molecule has 1 aromatic carbocycles. The van der Waals surface area contributed by atoms with Crippen molar-refractivity contribution in [1.82, 2.24) is 15.5 Å². The van der Waals surface area contributed by atoms with Gasteiger partial charge in [-0.3, -0.25) is 14.5 Å². The SMILES string of the molecule is O=C(CN1CCC[C@@H]1Cc1cccc(F)c1)N[C@H]1CCCCNC1=O. The van der Waals surface area contributed by atoms with E-state index >= 15 is 0 Å². The highest BCUT2D eigenvalue weighted by Gasteiger charge is 2.28. The minimum Gasteiger partial charge on any atom is -0.354 e. The van der Waals surface area contributed by atoms with Gasteiger partial charge in [0.2, 0.25) is 11.8 Å². The van der Waals surface area contributed by atoms with E-state index < -0.39 is 6.04 Å². The molecule has 5 nitrogen and oxygen atoms in total. The highest BCUT2D eigenvalue weighted by Crippen LogP contribution is 2.21. The number of benzene rings is 1. The van der Waals surface area contributed by atoms with Gasteiger partial charge in [-0.15, -0.1) is 0 Å². The van der Waals surface area contributed by atoms with Crippen LogP contribution in [-0.2, 0) is 16.0 Å². The molecular formula is C19H26FN3O2. The Kier molecular flexibility index (Phi) is 6.02. The Labute approximate surface area is 148 Å². The molecule has 2 saturated heterocycles. The number of carbonyl (C=O) groups excluding carboxylic acids is 2. The van der Waals surface area contributed by atoms with Crippen LogP contribution >= 0.6 is 0 Å². The third kappa shape index (κ3) is 5.01. The van der Waals surface area contributed by atoms with Gasteiger partial charge in [0.1, 0.15) is 11.9 Å². The van der Waals surface area contributed by atoms with Crippen molar-refractivity contribution in [2.24, 2.45) is 0 Å². The number of rotatable bonds is 5. The van der Waals surface area contributed by atoms with Crippen LogP contribution < -0.4 is 10.6 Å². The zero-order valence-corrected chi connectivity index (χ0v) is 14.5. The second-order valence-electron chi connectivity index (χ2n) is 7.01. The summed E-state index contributed by atoms with van der Waals surface area (Å²) in [6.07, 6.45) is 5.39. The summed E-state index contributed by atoms with van der Waals surface area (Å²) >= 11 is 0. The largest absolute Gasteiger partial charge is 0.354 e.